The quantitative estimate of drug-likeness (QED) is 0.768. The van der Waals surface area contributed by atoms with E-state index in [0.29, 0.717) is 38.9 Å². The summed E-state index contributed by atoms with van der Waals surface area (Å²) in [4.78, 5) is 10.9. The van der Waals surface area contributed by atoms with Gasteiger partial charge in [-0.25, -0.2) is 0 Å². The first-order valence-electron chi connectivity index (χ1n) is 4.51. The molecule has 0 aliphatic heterocycles. The van der Waals surface area contributed by atoms with Crippen LogP contribution in [0.15, 0.2) is 22.7 Å². The lowest BCUT2D eigenvalue weighted by atomic mass is 10.1. The molecular formula is C11H7Cl2NO2. The zero-order valence-corrected chi connectivity index (χ0v) is 9.84. The molecule has 1 heterocycles. The van der Waals surface area contributed by atoms with Crippen molar-refractivity contribution in [1.29, 1.82) is 0 Å². The molecule has 0 saturated carbocycles. The lowest BCUT2D eigenvalue weighted by Crippen LogP contribution is -1.88. The molecule has 3 nitrogen and oxygen atoms in total. The molecule has 0 bridgehead atoms. The molecular weight excluding hydrogens is 249 g/mol. The van der Waals surface area contributed by atoms with Crippen LogP contribution >= 0.6 is 23.2 Å². The molecule has 0 radical (unpaired) electrons. The minimum Gasteiger partial charge on any atom is -0.360 e. The number of carbonyl (C=O) groups excluding carboxylic acids is 1. The Balaban J connectivity index is 2.72. The number of rotatable bonds is 2. The summed E-state index contributed by atoms with van der Waals surface area (Å²) in [5, 5.41) is 4.67. The van der Waals surface area contributed by atoms with E-state index in [2.05, 4.69) is 5.16 Å². The third kappa shape index (κ3) is 1.72. The molecule has 0 fully saturated rings. The van der Waals surface area contributed by atoms with Gasteiger partial charge in [-0.05, 0) is 19.1 Å². The second-order valence-corrected chi connectivity index (χ2v) is 4.03. The fourth-order valence-electron chi connectivity index (χ4n) is 1.42. The lowest BCUT2D eigenvalue weighted by Gasteiger charge is -2.03. The molecule has 2 aromatic rings. The molecule has 0 N–H and O–H groups in total. The van der Waals surface area contributed by atoms with Crippen LogP contribution in [-0.2, 0) is 0 Å². The van der Waals surface area contributed by atoms with Gasteiger partial charge in [-0.2, -0.15) is 0 Å². The minimum atomic E-state index is 0.370. The Bertz CT molecular complexity index is 529. The van der Waals surface area contributed by atoms with Gasteiger partial charge in [0.05, 0.1) is 15.6 Å². The normalized spacial score (nSPS) is 10.4. The maximum absolute atomic E-state index is 10.9. The Morgan fingerprint density at radius 2 is 1.94 bits per heavy atom. The summed E-state index contributed by atoms with van der Waals surface area (Å²) in [5.41, 5.74) is 1.27. The molecule has 82 valence electrons. The van der Waals surface area contributed by atoms with Crippen molar-refractivity contribution in [2.24, 2.45) is 0 Å². The van der Waals surface area contributed by atoms with Gasteiger partial charge in [0, 0.05) is 5.56 Å². The van der Waals surface area contributed by atoms with Gasteiger partial charge >= 0.3 is 0 Å². The highest BCUT2D eigenvalue weighted by atomic mass is 35.5. The Labute approximate surface area is 102 Å². The first kappa shape index (κ1) is 11.2. The number of nitrogens with zero attached hydrogens (tertiary/aromatic N) is 1. The monoisotopic (exact) mass is 255 g/mol. The fraction of sp³-hybridized carbons (Fsp3) is 0.0909. The minimum absolute atomic E-state index is 0.370. The number of hydrogen-bond donors (Lipinski definition) is 0. The molecule has 2 rings (SSSR count). The van der Waals surface area contributed by atoms with Gasteiger partial charge in [0.2, 0.25) is 0 Å². The van der Waals surface area contributed by atoms with Crippen molar-refractivity contribution in [2.45, 2.75) is 6.92 Å². The Morgan fingerprint density at radius 3 is 2.50 bits per heavy atom. The van der Waals surface area contributed by atoms with E-state index in [1.807, 2.05) is 0 Å². The van der Waals surface area contributed by atoms with Crippen molar-refractivity contribution < 1.29 is 9.32 Å². The fourth-order valence-corrected chi connectivity index (χ4v) is 2.00. The van der Waals surface area contributed by atoms with E-state index in [4.69, 9.17) is 27.7 Å². The van der Waals surface area contributed by atoms with E-state index in [9.17, 15) is 4.79 Å². The van der Waals surface area contributed by atoms with Crippen LogP contribution in [0, 0.1) is 6.92 Å². The number of halogens is 2. The van der Waals surface area contributed by atoms with E-state index in [1.165, 1.54) is 0 Å². The highest BCUT2D eigenvalue weighted by Gasteiger charge is 2.18. The number of aldehydes is 1. The molecule has 0 spiro atoms. The number of benzene rings is 1. The van der Waals surface area contributed by atoms with Gasteiger partial charge in [0.25, 0.3) is 0 Å². The van der Waals surface area contributed by atoms with Crippen LogP contribution < -0.4 is 0 Å². The van der Waals surface area contributed by atoms with Crippen LogP contribution in [0.2, 0.25) is 10.0 Å². The predicted molar refractivity (Wildman–Crippen MR) is 62.1 cm³/mol. The summed E-state index contributed by atoms with van der Waals surface area (Å²) < 4.78 is 4.95. The van der Waals surface area contributed by atoms with E-state index < -0.39 is 0 Å². The van der Waals surface area contributed by atoms with Crippen molar-refractivity contribution in [2.75, 3.05) is 0 Å². The van der Waals surface area contributed by atoms with Crippen LogP contribution in [-0.4, -0.2) is 11.4 Å². The SMILES string of the molecule is Cc1onc(-c2c(Cl)cccc2Cl)c1C=O. The van der Waals surface area contributed by atoms with Crippen molar-refractivity contribution in [1.82, 2.24) is 5.16 Å². The van der Waals surface area contributed by atoms with E-state index >= 15 is 0 Å². The van der Waals surface area contributed by atoms with Crippen LogP contribution in [0.4, 0.5) is 0 Å². The van der Waals surface area contributed by atoms with Crippen LogP contribution in [0.1, 0.15) is 16.1 Å². The number of hydrogen-bond acceptors (Lipinski definition) is 3. The van der Waals surface area contributed by atoms with Crippen molar-refractivity contribution >= 4 is 29.5 Å². The molecule has 0 amide bonds. The predicted octanol–water partition coefficient (Wildman–Crippen LogP) is 3.77. The second kappa shape index (κ2) is 4.28. The number of aromatic nitrogens is 1. The maximum Gasteiger partial charge on any atom is 0.155 e. The third-order valence-electron chi connectivity index (χ3n) is 2.23. The molecule has 0 aliphatic carbocycles. The summed E-state index contributed by atoms with van der Waals surface area (Å²) >= 11 is 12.0. The Kier molecular flexibility index (Phi) is 2.99. The largest absolute Gasteiger partial charge is 0.360 e. The van der Waals surface area contributed by atoms with E-state index in [0.717, 1.165) is 0 Å². The molecule has 5 heteroatoms. The Morgan fingerprint density at radius 1 is 1.31 bits per heavy atom. The maximum atomic E-state index is 10.9. The van der Waals surface area contributed by atoms with Crippen molar-refractivity contribution in [3.8, 4) is 11.3 Å². The van der Waals surface area contributed by atoms with Gasteiger partial charge in [0.15, 0.2) is 6.29 Å². The first-order valence-corrected chi connectivity index (χ1v) is 5.26. The summed E-state index contributed by atoms with van der Waals surface area (Å²) in [6.07, 6.45) is 0.681. The molecule has 16 heavy (non-hydrogen) atoms. The van der Waals surface area contributed by atoms with E-state index in [-0.39, 0.29) is 0 Å². The molecule has 1 aromatic heterocycles. The first-order chi connectivity index (χ1) is 7.65. The summed E-state index contributed by atoms with van der Waals surface area (Å²) in [6.45, 7) is 1.66. The highest BCUT2D eigenvalue weighted by Crippen LogP contribution is 2.35. The van der Waals surface area contributed by atoms with Gasteiger partial charge < -0.3 is 4.52 Å². The van der Waals surface area contributed by atoms with Crippen LogP contribution in [0.25, 0.3) is 11.3 Å². The zero-order chi connectivity index (χ0) is 11.7. The van der Waals surface area contributed by atoms with Gasteiger partial charge in [-0.3, -0.25) is 4.79 Å². The lowest BCUT2D eigenvalue weighted by molar-refractivity contribution is 0.112. The molecule has 0 aliphatic rings. The van der Waals surface area contributed by atoms with Crippen molar-refractivity contribution in [3.63, 3.8) is 0 Å². The topological polar surface area (TPSA) is 43.1 Å². The molecule has 0 unspecified atom stereocenters. The number of aryl methyl sites for hydroxylation is 1. The van der Waals surface area contributed by atoms with Gasteiger partial charge in [-0.1, -0.05) is 34.4 Å². The molecule has 0 atom stereocenters. The molecule has 0 saturated heterocycles. The standard InChI is InChI=1S/C11H7Cl2NO2/c1-6-7(5-15)11(14-16-6)10-8(12)3-2-4-9(10)13/h2-5H,1H3. The van der Waals surface area contributed by atoms with Gasteiger partial charge in [0.1, 0.15) is 11.5 Å². The smallest absolute Gasteiger partial charge is 0.155 e. The Hall–Kier alpha value is -1.32. The second-order valence-electron chi connectivity index (χ2n) is 3.22. The summed E-state index contributed by atoms with van der Waals surface area (Å²) in [6, 6.07) is 5.09. The van der Waals surface area contributed by atoms with Crippen LogP contribution in [0.5, 0.6) is 0 Å². The van der Waals surface area contributed by atoms with E-state index in [1.54, 1.807) is 25.1 Å². The number of carbonyl (C=O) groups is 1. The van der Waals surface area contributed by atoms with Crippen LogP contribution in [0.3, 0.4) is 0 Å². The average Bonchev–Trinajstić information content (AvgIpc) is 2.59. The zero-order valence-electron chi connectivity index (χ0n) is 8.33. The highest BCUT2D eigenvalue weighted by molar-refractivity contribution is 6.39. The summed E-state index contributed by atoms with van der Waals surface area (Å²) in [7, 11) is 0. The van der Waals surface area contributed by atoms with Crippen molar-refractivity contribution in [3.05, 3.63) is 39.6 Å². The average molecular weight is 256 g/mol. The molecule has 1 aromatic carbocycles. The van der Waals surface area contributed by atoms with Gasteiger partial charge in [-0.15, -0.1) is 0 Å². The third-order valence-corrected chi connectivity index (χ3v) is 2.86. The summed E-state index contributed by atoms with van der Waals surface area (Å²) in [5.74, 6) is 0.445.